The standard InChI is InChI=1S/C33H53O6P/c1-14-30(6,7)24-18-19-28(26(21-24)32(10,11)16-3)36-38-40(34,35)39-37-29-23(5)20-25(31(8,9)15-2)22-27(29)33(12,13)17-4/h18-22,29H,5,14-17H2,1-4,6-13H3,(H,34,35). The highest BCUT2D eigenvalue weighted by molar-refractivity contribution is 7.47. The summed E-state index contributed by atoms with van der Waals surface area (Å²) in [6.07, 6.45) is 6.96. The van der Waals surface area contributed by atoms with Crippen LogP contribution in [-0.4, -0.2) is 11.0 Å². The zero-order valence-electron chi connectivity index (χ0n) is 26.9. The molecule has 0 aromatic heterocycles. The molecule has 1 aromatic rings. The van der Waals surface area contributed by atoms with Crippen LogP contribution in [0.2, 0.25) is 0 Å². The van der Waals surface area contributed by atoms with Crippen LogP contribution in [0.5, 0.6) is 5.75 Å². The fourth-order valence-corrected chi connectivity index (χ4v) is 4.76. The van der Waals surface area contributed by atoms with Crippen LogP contribution < -0.4 is 4.89 Å². The Labute approximate surface area is 243 Å². The van der Waals surface area contributed by atoms with E-state index < -0.39 is 13.9 Å². The van der Waals surface area contributed by atoms with Gasteiger partial charge in [0.15, 0.2) is 5.75 Å². The highest BCUT2D eigenvalue weighted by Gasteiger charge is 2.38. The Kier molecular flexibility index (Phi) is 10.9. The van der Waals surface area contributed by atoms with Crippen LogP contribution in [0.3, 0.4) is 0 Å². The molecule has 0 amide bonds. The molecular formula is C33H53O6P. The zero-order chi connectivity index (χ0) is 30.7. The van der Waals surface area contributed by atoms with E-state index in [0.29, 0.717) is 11.3 Å². The largest absolute Gasteiger partial charge is 0.535 e. The number of benzene rings is 1. The molecule has 1 aromatic carbocycles. The topological polar surface area (TPSA) is 74.2 Å². The maximum absolute atomic E-state index is 12.9. The molecule has 1 aliphatic carbocycles. The van der Waals surface area contributed by atoms with E-state index in [2.05, 4.69) is 102 Å². The molecule has 0 fully saturated rings. The Balaban J connectivity index is 2.29. The first kappa shape index (κ1) is 34.5. The molecule has 40 heavy (non-hydrogen) atoms. The van der Waals surface area contributed by atoms with Gasteiger partial charge in [0.25, 0.3) is 0 Å². The second-order valence-corrected chi connectivity index (χ2v) is 14.8. The van der Waals surface area contributed by atoms with Crippen molar-refractivity contribution in [1.82, 2.24) is 0 Å². The molecule has 0 radical (unpaired) electrons. The van der Waals surface area contributed by atoms with E-state index in [-0.39, 0.29) is 21.7 Å². The van der Waals surface area contributed by atoms with Gasteiger partial charge in [-0.2, -0.15) is 0 Å². The summed E-state index contributed by atoms with van der Waals surface area (Å²) in [5.74, 6) is 0.365. The van der Waals surface area contributed by atoms with Gasteiger partial charge < -0.3 is 4.89 Å². The van der Waals surface area contributed by atoms with Gasteiger partial charge in [-0.15, -0.1) is 4.67 Å². The van der Waals surface area contributed by atoms with Gasteiger partial charge in [-0.1, -0.05) is 119 Å². The lowest BCUT2D eigenvalue weighted by atomic mass is 9.70. The minimum Gasteiger partial charge on any atom is -0.327 e. The lowest BCUT2D eigenvalue weighted by molar-refractivity contribution is -0.263. The van der Waals surface area contributed by atoms with Crippen LogP contribution in [0.25, 0.3) is 0 Å². The highest BCUT2D eigenvalue weighted by Crippen LogP contribution is 2.49. The molecule has 226 valence electrons. The third kappa shape index (κ3) is 7.98. The molecule has 0 aliphatic heterocycles. The van der Waals surface area contributed by atoms with Crippen molar-refractivity contribution >= 4 is 7.82 Å². The second kappa shape index (κ2) is 12.7. The van der Waals surface area contributed by atoms with E-state index in [9.17, 15) is 9.46 Å². The number of hydrogen-bond acceptors (Lipinski definition) is 5. The summed E-state index contributed by atoms with van der Waals surface area (Å²) >= 11 is 0. The highest BCUT2D eigenvalue weighted by atomic mass is 31.2. The van der Waals surface area contributed by atoms with Crippen LogP contribution in [0, 0.1) is 10.8 Å². The minimum atomic E-state index is -4.76. The van der Waals surface area contributed by atoms with Crippen molar-refractivity contribution in [3.8, 4) is 5.75 Å². The minimum absolute atomic E-state index is 0.0261. The van der Waals surface area contributed by atoms with Crippen molar-refractivity contribution in [1.29, 1.82) is 0 Å². The van der Waals surface area contributed by atoms with Gasteiger partial charge >= 0.3 is 7.82 Å². The zero-order valence-corrected chi connectivity index (χ0v) is 27.8. The Hall–Kier alpha value is -1.69. The van der Waals surface area contributed by atoms with Gasteiger partial charge in [-0.3, -0.25) is 4.89 Å². The molecule has 2 rings (SSSR count). The number of hydrogen-bond donors (Lipinski definition) is 1. The average molecular weight is 577 g/mol. The fourth-order valence-electron chi connectivity index (χ4n) is 4.37. The lowest BCUT2D eigenvalue weighted by Gasteiger charge is -2.38. The molecule has 0 saturated heterocycles. The van der Waals surface area contributed by atoms with Crippen molar-refractivity contribution in [3.05, 3.63) is 64.8 Å². The molecule has 0 spiro atoms. The van der Waals surface area contributed by atoms with Gasteiger partial charge in [-0.05, 0) is 75.7 Å². The van der Waals surface area contributed by atoms with Crippen molar-refractivity contribution < 1.29 is 28.6 Å². The molecule has 2 unspecified atom stereocenters. The van der Waals surface area contributed by atoms with Crippen molar-refractivity contribution in [2.24, 2.45) is 10.8 Å². The predicted octanol–water partition coefficient (Wildman–Crippen LogP) is 10.1. The maximum Gasteiger partial charge on any atom is 0.535 e. The molecule has 0 saturated carbocycles. The Morgan fingerprint density at radius 2 is 1.35 bits per heavy atom. The quantitative estimate of drug-likeness (QED) is 0.135. The van der Waals surface area contributed by atoms with E-state index in [4.69, 9.17) is 19.1 Å². The van der Waals surface area contributed by atoms with Crippen LogP contribution in [0.1, 0.15) is 120 Å². The van der Waals surface area contributed by atoms with E-state index >= 15 is 0 Å². The molecule has 1 N–H and O–H groups in total. The summed E-state index contributed by atoms with van der Waals surface area (Å²) in [6, 6.07) is 5.85. The molecule has 2 atom stereocenters. The first-order chi connectivity index (χ1) is 18.3. The SMILES string of the molecule is C=C1C=C(C(C)(C)CC)C=C(C(C)(C)CC)C1OOP(=O)(O)OOc1ccc(C(C)(C)CC)cc1C(C)(C)CC. The summed E-state index contributed by atoms with van der Waals surface area (Å²) in [7, 11) is -4.76. The third-order valence-corrected chi connectivity index (χ3v) is 9.85. The second-order valence-electron chi connectivity index (χ2n) is 13.6. The first-order valence-corrected chi connectivity index (χ1v) is 16.1. The van der Waals surface area contributed by atoms with E-state index in [1.54, 1.807) is 6.07 Å². The lowest BCUT2D eigenvalue weighted by Crippen LogP contribution is -2.31. The Morgan fingerprint density at radius 1 is 0.800 bits per heavy atom. The van der Waals surface area contributed by atoms with Gasteiger partial charge in [0.05, 0.1) is 0 Å². The van der Waals surface area contributed by atoms with Crippen molar-refractivity contribution in [2.75, 3.05) is 0 Å². The van der Waals surface area contributed by atoms with Gasteiger partial charge in [0, 0.05) is 5.56 Å². The summed E-state index contributed by atoms with van der Waals surface area (Å²) in [4.78, 5) is 21.6. The van der Waals surface area contributed by atoms with Gasteiger partial charge in [0.2, 0.25) is 0 Å². The summed E-state index contributed by atoms with van der Waals surface area (Å²) in [6.45, 7) is 29.9. The maximum atomic E-state index is 12.9. The molecule has 7 heteroatoms. The van der Waals surface area contributed by atoms with E-state index in [1.165, 1.54) is 0 Å². The van der Waals surface area contributed by atoms with Crippen LogP contribution in [0.15, 0.2) is 53.6 Å². The van der Waals surface area contributed by atoms with E-state index in [1.807, 2.05) is 12.1 Å². The number of allylic oxidation sites excluding steroid dienone is 2. The monoisotopic (exact) mass is 576 g/mol. The molecule has 6 nitrogen and oxygen atoms in total. The molecule has 1 aliphatic rings. The molecule has 0 bridgehead atoms. The van der Waals surface area contributed by atoms with Crippen LogP contribution in [-0.2, 0) is 29.6 Å². The van der Waals surface area contributed by atoms with E-state index in [0.717, 1.165) is 48.0 Å². The average Bonchev–Trinajstić information content (AvgIpc) is 2.90. The van der Waals surface area contributed by atoms with Crippen LogP contribution in [0.4, 0.5) is 0 Å². The van der Waals surface area contributed by atoms with Gasteiger partial charge in [0.1, 0.15) is 6.10 Å². The van der Waals surface area contributed by atoms with Crippen LogP contribution >= 0.6 is 7.82 Å². The smallest absolute Gasteiger partial charge is 0.327 e. The van der Waals surface area contributed by atoms with Crippen molar-refractivity contribution in [3.63, 3.8) is 0 Å². The summed E-state index contributed by atoms with van der Waals surface area (Å²) < 4.78 is 23.0. The Morgan fingerprint density at radius 3 is 1.88 bits per heavy atom. The number of phosphoric acid groups is 1. The predicted molar refractivity (Wildman–Crippen MR) is 164 cm³/mol. The fraction of sp³-hybridized carbons (Fsp3) is 0.636. The normalized spacial score (nSPS) is 18.7. The summed E-state index contributed by atoms with van der Waals surface area (Å²) in [5.41, 5.74) is 4.19. The molecular weight excluding hydrogens is 523 g/mol. The van der Waals surface area contributed by atoms with Crippen molar-refractivity contribution in [2.45, 2.75) is 126 Å². The van der Waals surface area contributed by atoms with Gasteiger partial charge in [-0.25, -0.2) is 9.45 Å². The first-order valence-electron chi connectivity index (χ1n) is 14.6. The molecule has 0 heterocycles. The summed E-state index contributed by atoms with van der Waals surface area (Å²) in [5, 5.41) is 0. The third-order valence-electron chi connectivity index (χ3n) is 9.31. The Bertz CT molecular complexity index is 1170. The number of rotatable bonds is 14.